The number of aryl methyl sites for hydroxylation is 1. The maximum Gasteiger partial charge on any atom is 0.501 e. The van der Waals surface area contributed by atoms with Gasteiger partial charge in [0.05, 0.1) is 38.8 Å². The summed E-state index contributed by atoms with van der Waals surface area (Å²) in [6.45, 7) is 15.5. The fourth-order valence-electron chi connectivity index (χ4n) is 15.1. The van der Waals surface area contributed by atoms with E-state index in [0.717, 1.165) is 82.1 Å². The van der Waals surface area contributed by atoms with Crippen LogP contribution in [0.2, 0.25) is 5.02 Å². The highest BCUT2D eigenvalue weighted by Gasteiger charge is 2.49. The molecule has 7 atom stereocenters. The van der Waals surface area contributed by atoms with Gasteiger partial charge in [-0.05, 0) is 159 Å². The molecule has 5 aromatic carbocycles. The van der Waals surface area contributed by atoms with Crippen molar-refractivity contribution >= 4 is 101 Å². The van der Waals surface area contributed by atoms with Crippen LogP contribution in [0.15, 0.2) is 141 Å². The summed E-state index contributed by atoms with van der Waals surface area (Å²) in [7, 11) is -11.1. The number of hydrogen-bond acceptors (Lipinski definition) is 17. The number of hydrogen-bond donors (Lipinski definition) is 5. The van der Waals surface area contributed by atoms with Gasteiger partial charge in [-0.15, -0.1) is 23.1 Å². The largest absolute Gasteiger partial charge is 0.501 e. The van der Waals surface area contributed by atoms with Gasteiger partial charge in [0.2, 0.25) is 23.6 Å². The van der Waals surface area contributed by atoms with Crippen molar-refractivity contribution in [3.63, 3.8) is 0 Å². The number of likely N-dealkylation sites (tertiary alicyclic amines) is 3. The van der Waals surface area contributed by atoms with Crippen LogP contribution in [0.3, 0.4) is 0 Å². The molecule has 5 N–H and O–H groups in total. The highest BCUT2D eigenvalue weighted by Crippen LogP contribution is 2.40. The number of carbonyl (C=O) groups is 5. The Morgan fingerprint density at radius 3 is 2.13 bits per heavy atom. The number of fused-ring (bicyclic) bond motifs is 1. The molecule has 20 nitrogen and oxygen atoms in total. The lowest BCUT2D eigenvalue weighted by molar-refractivity contribution is -0.144. The molecule has 6 aromatic rings. The smallest absolute Gasteiger partial charge is 0.391 e. The SMILES string of the molecule is Cc1ncsc1-c1ccc([C@H](C)NC(=O)C2CC(O)CN2C(=O)[C@@H](NC(=O)CCCCCC(=O)N2CC3CN(CC[C@H](CSc4ccccc4)Nc4ccc(S(=O)(=O)NC(=O)c5ccc(N6CCN(CC7=C(c8ccc(Cl)cc8F)CCCCC7)CC6)cc5)cc4S(=O)(=O)C(F)(F)F)CC3C2)C(C)(C)C)cc1. The highest BCUT2D eigenvalue weighted by molar-refractivity contribution is 7.99. The van der Waals surface area contributed by atoms with Crippen molar-refractivity contribution in [1.29, 1.82) is 0 Å². The molecule has 1 aliphatic carbocycles. The van der Waals surface area contributed by atoms with Gasteiger partial charge in [-0.3, -0.25) is 28.9 Å². The lowest BCUT2D eigenvalue weighted by Gasteiger charge is -2.37. The molecule has 29 heteroatoms. The first kappa shape index (κ1) is 80.6. The number of aromatic nitrogens is 1. The standard InChI is InChI=1S/C78H95ClF4N10O10S4/c1-50(52-21-23-53(24-22-52)72-51(2)84-49-105-72)85-75(98)68-40-61(94)47-93(68)76(99)73(77(3,4)5)87-70(95)19-13-8-14-20-71(96)92-45-56-43-90(44-57(56)46-92)34-33-59(48-104-62-16-10-7-11-17-62)86-67-32-30-63(41-69(67)106(100,101)78(81,82)83)107(102,103)88-74(97)54-25-28-60(29-26-54)91-37-35-89(36-38-91)42-55-15-9-6-12-18-64(55)65-31-27-58(79)39-66(65)80/h7,10-11,16-17,21-32,39,41,49-50,56-57,59,61,68,73,86,94H,6,8-9,12-15,18-20,33-38,40,42-48H2,1-5H3,(H,85,98)(H,87,95)(H,88,97)/t50-,56?,57?,59+,61?,68?,73+/m0/s1. The van der Waals surface area contributed by atoms with E-state index in [2.05, 4.69) is 35.6 Å². The van der Waals surface area contributed by atoms with Crippen molar-refractivity contribution in [2.45, 2.75) is 162 Å². The van der Waals surface area contributed by atoms with E-state index in [1.807, 2.05) is 98.8 Å². The van der Waals surface area contributed by atoms with Crippen molar-refractivity contribution in [1.82, 2.24) is 39.9 Å². The summed E-state index contributed by atoms with van der Waals surface area (Å²) in [5.74, 6) is -2.03. The maximum atomic E-state index is 15.1. The number of alkyl halides is 3. The summed E-state index contributed by atoms with van der Waals surface area (Å²) in [4.78, 5) is 82.9. The molecule has 4 unspecified atom stereocenters. The van der Waals surface area contributed by atoms with Gasteiger partial charge in [-0.2, -0.15) is 13.2 Å². The Balaban J connectivity index is 0.643. The number of nitrogens with one attached hydrogen (secondary N) is 4. The minimum absolute atomic E-state index is 0.000109. The zero-order valence-corrected chi connectivity index (χ0v) is 64.9. The second kappa shape index (κ2) is 35.1. The Hall–Kier alpha value is -7.44. The quantitative estimate of drug-likeness (QED) is 0.0174. The molecule has 4 saturated heterocycles. The monoisotopic (exact) mass is 1570 g/mol. The lowest BCUT2D eigenvalue weighted by Crippen LogP contribution is -2.57. The second-order valence-corrected chi connectivity index (χ2v) is 35.9. The molecule has 576 valence electrons. The van der Waals surface area contributed by atoms with E-state index in [0.29, 0.717) is 108 Å². The molecule has 5 heterocycles. The fraction of sp³-hybridized carbons (Fsp3) is 0.487. The van der Waals surface area contributed by atoms with Gasteiger partial charge in [0, 0.05) is 130 Å². The van der Waals surface area contributed by atoms with Crippen molar-refractivity contribution < 1.29 is 63.5 Å². The van der Waals surface area contributed by atoms with E-state index < -0.39 is 94.3 Å². The number of nitrogens with zero attached hydrogens (tertiary/aromatic N) is 6. The van der Waals surface area contributed by atoms with Crippen LogP contribution in [-0.4, -0.2) is 184 Å². The van der Waals surface area contributed by atoms with Crippen LogP contribution in [0.1, 0.15) is 138 Å². The predicted octanol–water partition coefficient (Wildman–Crippen LogP) is 12.5. The van der Waals surface area contributed by atoms with E-state index in [9.17, 15) is 59.1 Å². The lowest BCUT2D eigenvalue weighted by atomic mass is 9.85. The van der Waals surface area contributed by atoms with Crippen molar-refractivity contribution in [2.24, 2.45) is 17.3 Å². The Labute approximate surface area is 637 Å². The van der Waals surface area contributed by atoms with Gasteiger partial charge in [-0.25, -0.2) is 30.9 Å². The number of sulfone groups is 1. The van der Waals surface area contributed by atoms with Gasteiger partial charge in [-0.1, -0.05) is 99.3 Å². The molecule has 5 aliphatic rings. The minimum atomic E-state index is -6.19. The summed E-state index contributed by atoms with van der Waals surface area (Å²) in [5.41, 5.74) is 1.14. The number of amides is 5. The van der Waals surface area contributed by atoms with Crippen LogP contribution in [0, 0.1) is 30.0 Å². The molecule has 0 bridgehead atoms. The number of benzene rings is 5. The first-order chi connectivity index (χ1) is 50.9. The van der Waals surface area contributed by atoms with E-state index in [4.69, 9.17) is 11.6 Å². The fourth-order valence-corrected chi connectivity index (χ4v) is 19.1. The van der Waals surface area contributed by atoms with Crippen LogP contribution in [0.4, 0.5) is 28.9 Å². The third-order valence-electron chi connectivity index (χ3n) is 21.1. The Morgan fingerprint density at radius 1 is 0.776 bits per heavy atom. The number of piperazine rings is 1. The minimum Gasteiger partial charge on any atom is -0.391 e. The normalized spacial score (nSPS) is 20.0. The molecular formula is C78H95ClF4N10O10S4. The van der Waals surface area contributed by atoms with Gasteiger partial charge < -0.3 is 40.7 Å². The summed E-state index contributed by atoms with van der Waals surface area (Å²) in [6.07, 6.45) is 6.16. The number of aliphatic hydroxyl groups is 1. The number of halogens is 5. The predicted molar refractivity (Wildman–Crippen MR) is 409 cm³/mol. The van der Waals surface area contributed by atoms with Crippen molar-refractivity contribution in [3.8, 4) is 10.4 Å². The Morgan fingerprint density at radius 2 is 1.47 bits per heavy atom. The van der Waals surface area contributed by atoms with Gasteiger partial charge in [0.25, 0.3) is 25.8 Å². The highest BCUT2D eigenvalue weighted by atomic mass is 35.5. The third-order valence-corrected chi connectivity index (χ3v) is 26.3. The zero-order valence-electron chi connectivity index (χ0n) is 60.9. The first-order valence-electron chi connectivity index (χ1n) is 36.7. The molecule has 0 spiro atoms. The van der Waals surface area contributed by atoms with E-state index in [1.165, 1.54) is 40.4 Å². The molecule has 107 heavy (non-hydrogen) atoms. The van der Waals surface area contributed by atoms with Crippen LogP contribution in [-0.2, 0) is 39.0 Å². The van der Waals surface area contributed by atoms with Crippen molar-refractivity contribution in [2.75, 3.05) is 88.0 Å². The van der Waals surface area contributed by atoms with E-state index >= 15 is 4.39 Å². The van der Waals surface area contributed by atoms with Crippen LogP contribution >= 0.6 is 34.7 Å². The maximum absolute atomic E-state index is 15.1. The van der Waals surface area contributed by atoms with E-state index in [-0.39, 0.29) is 66.6 Å². The molecular weight excluding hydrogens is 1480 g/mol. The molecule has 4 fully saturated rings. The third kappa shape index (κ3) is 20.3. The number of thiazole rings is 1. The molecule has 11 rings (SSSR count). The van der Waals surface area contributed by atoms with Crippen LogP contribution < -0.4 is 25.6 Å². The van der Waals surface area contributed by atoms with Crippen molar-refractivity contribution in [3.05, 3.63) is 160 Å². The van der Waals surface area contributed by atoms with Crippen LogP contribution in [0.5, 0.6) is 0 Å². The number of unbranched alkanes of at least 4 members (excludes halogenated alkanes) is 2. The number of anilines is 2. The van der Waals surface area contributed by atoms with E-state index in [1.54, 1.807) is 41.1 Å². The average molecular weight is 1570 g/mol. The number of allylic oxidation sites excluding steroid dienone is 1. The topological polar surface area (TPSA) is 251 Å². The zero-order chi connectivity index (χ0) is 76.5. The summed E-state index contributed by atoms with van der Waals surface area (Å²) >= 11 is 9.04. The molecule has 0 saturated carbocycles. The number of sulfonamides is 1. The first-order valence-corrected chi connectivity index (χ1v) is 41.9. The number of aliphatic hydroxyl groups excluding tert-OH is 1. The summed E-state index contributed by atoms with van der Waals surface area (Å²) in [6, 6.07) is 27.5. The Bertz CT molecular complexity index is 4410. The number of β-amino-alcohol motifs (C(OH)–C–C–N with tert-alkyl or cyclic N) is 1. The molecule has 1 aromatic heterocycles. The van der Waals surface area contributed by atoms with Gasteiger partial charge in [0.15, 0.2) is 0 Å². The summed E-state index contributed by atoms with van der Waals surface area (Å²) in [5, 5.41) is 20.1. The Kier molecular flexibility index (Phi) is 26.4. The molecule has 0 radical (unpaired) electrons. The summed E-state index contributed by atoms with van der Waals surface area (Å²) < 4.78 is 116. The molecule has 4 aliphatic heterocycles. The number of carbonyl (C=O) groups excluding carboxylic acids is 5. The number of thioether (sulfide) groups is 1. The second-order valence-electron chi connectivity index (χ2n) is 29.9. The van der Waals surface area contributed by atoms with Gasteiger partial charge in [0.1, 0.15) is 22.8 Å². The van der Waals surface area contributed by atoms with Gasteiger partial charge >= 0.3 is 5.51 Å². The van der Waals surface area contributed by atoms with Crippen LogP contribution in [0.25, 0.3) is 16.0 Å². The molecule has 5 amide bonds. The average Bonchev–Trinajstić information content (AvgIpc) is 1.68. The number of rotatable bonds is 28.